The highest BCUT2D eigenvalue weighted by Gasteiger charge is 2.52. The molecule has 2 aliphatic rings. The summed E-state index contributed by atoms with van der Waals surface area (Å²) >= 11 is 1.28. The van der Waals surface area contributed by atoms with Crippen molar-refractivity contribution >= 4 is 17.7 Å². The van der Waals surface area contributed by atoms with E-state index in [0.29, 0.717) is 44.7 Å². The number of allylic oxidation sites excluding steroid dienone is 1. The van der Waals surface area contributed by atoms with Crippen molar-refractivity contribution in [1.29, 1.82) is 5.26 Å². The van der Waals surface area contributed by atoms with Crippen LogP contribution in [0.1, 0.15) is 23.5 Å². The number of methoxy groups -OCH3 is 4. The number of thioether (sulfide) groups is 1. The Bertz CT molecular complexity index is 1170. The minimum atomic E-state index is -1.62. The second kappa shape index (κ2) is 8.89. The first-order chi connectivity index (χ1) is 15.9. The summed E-state index contributed by atoms with van der Waals surface area (Å²) in [6.07, 6.45) is 0.00603. The first-order valence-corrected chi connectivity index (χ1v) is 11.2. The van der Waals surface area contributed by atoms with Crippen molar-refractivity contribution in [2.45, 2.75) is 18.1 Å². The number of hydrogen-bond donors (Lipinski definition) is 1. The lowest BCUT2D eigenvalue weighted by molar-refractivity contribution is -0.149. The largest absolute Gasteiger partial charge is 0.493 e. The third-order valence-electron chi connectivity index (χ3n) is 5.97. The molecule has 0 bridgehead atoms. The molecule has 0 saturated carbocycles. The molecule has 2 aromatic rings. The summed E-state index contributed by atoms with van der Waals surface area (Å²) in [4.78, 5) is 14.8. The highest BCUT2D eigenvalue weighted by Crippen LogP contribution is 2.53. The molecule has 2 aliphatic heterocycles. The third kappa shape index (κ3) is 3.56. The molecular formula is C24H24N2O6S. The van der Waals surface area contributed by atoms with Gasteiger partial charge in [0, 0.05) is 23.5 Å². The fourth-order valence-corrected chi connectivity index (χ4v) is 5.74. The van der Waals surface area contributed by atoms with E-state index in [2.05, 4.69) is 6.07 Å². The highest BCUT2D eigenvalue weighted by atomic mass is 32.2. The van der Waals surface area contributed by atoms with Gasteiger partial charge in [0.15, 0.2) is 28.7 Å². The van der Waals surface area contributed by atoms with Gasteiger partial charge in [-0.3, -0.25) is 9.69 Å². The van der Waals surface area contributed by atoms with Crippen LogP contribution in [0.3, 0.4) is 0 Å². The molecule has 0 aliphatic carbocycles. The second-order valence-electron chi connectivity index (χ2n) is 7.57. The molecule has 2 heterocycles. The maximum absolute atomic E-state index is 13.4. The summed E-state index contributed by atoms with van der Waals surface area (Å²) in [5, 5.41) is 22.2. The number of ether oxygens (including phenoxy) is 4. The normalized spacial score (nSPS) is 22.0. The molecule has 9 heteroatoms. The number of nitriles is 1. The quantitative estimate of drug-likeness (QED) is 0.689. The molecule has 1 fully saturated rings. The lowest BCUT2D eigenvalue weighted by Crippen LogP contribution is -2.48. The van der Waals surface area contributed by atoms with Crippen LogP contribution in [0.2, 0.25) is 0 Å². The van der Waals surface area contributed by atoms with Crippen molar-refractivity contribution in [2.75, 3.05) is 34.2 Å². The van der Waals surface area contributed by atoms with Gasteiger partial charge < -0.3 is 24.1 Å². The number of para-hydroxylation sites is 1. The van der Waals surface area contributed by atoms with E-state index < -0.39 is 11.6 Å². The molecular weight excluding hydrogens is 444 g/mol. The van der Waals surface area contributed by atoms with Gasteiger partial charge >= 0.3 is 0 Å². The van der Waals surface area contributed by atoms with E-state index in [1.165, 1.54) is 45.1 Å². The Labute approximate surface area is 196 Å². The highest BCUT2D eigenvalue weighted by molar-refractivity contribution is 8.03. The van der Waals surface area contributed by atoms with Gasteiger partial charge in [0.2, 0.25) is 5.91 Å². The summed E-state index contributed by atoms with van der Waals surface area (Å²) in [6, 6.07) is 12.7. The number of amides is 1. The summed E-state index contributed by atoms with van der Waals surface area (Å²) in [7, 11) is 6.10. The second-order valence-corrected chi connectivity index (χ2v) is 8.54. The molecule has 1 amide bonds. The smallest absolute Gasteiger partial charge is 0.231 e. The van der Waals surface area contributed by atoms with E-state index in [1.807, 2.05) is 6.07 Å². The van der Waals surface area contributed by atoms with Crippen LogP contribution >= 0.6 is 11.8 Å². The monoisotopic (exact) mass is 468 g/mol. The molecule has 2 aromatic carbocycles. The van der Waals surface area contributed by atoms with Gasteiger partial charge in [0.05, 0.1) is 50.9 Å². The van der Waals surface area contributed by atoms with Gasteiger partial charge in [-0.2, -0.15) is 5.26 Å². The Balaban J connectivity index is 1.82. The van der Waals surface area contributed by atoms with Gasteiger partial charge in [0.1, 0.15) is 0 Å². The number of rotatable bonds is 6. The molecule has 1 N–H and O–H groups in total. The Morgan fingerprint density at radius 1 is 1.06 bits per heavy atom. The molecule has 0 spiro atoms. The van der Waals surface area contributed by atoms with Gasteiger partial charge in [0.25, 0.3) is 0 Å². The zero-order valence-corrected chi connectivity index (χ0v) is 19.6. The summed E-state index contributed by atoms with van der Waals surface area (Å²) in [6.45, 7) is 0. The maximum Gasteiger partial charge on any atom is 0.231 e. The van der Waals surface area contributed by atoms with E-state index in [-0.39, 0.29) is 18.1 Å². The fraction of sp³-hybridized carbons (Fsp3) is 0.333. The Morgan fingerprint density at radius 3 is 2.42 bits per heavy atom. The number of fused-ring (bicyclic) bond motifs is 1. The van der Waals surface area contributed by atoms with Crippen LogP contribution in [0.25, 0.3) is 0 Å². The van der Waals surface area contributed by atoms with Crippen LogP contribution in [0.4, 0.5) is 0 Å². The predicted octanol–water partition coefficient (Wildman–Crippen LogP) is 3.36. The van der Waals surface area contributed by atoms with E-state index >= 15 is 0 Å². The third-order valence-corrected chi connectivity index (χ3v) is 7.19. The van der Waals surface area contributed by atoms with Crippen LogP contribution < -0.4 is 18.9 Å². The molecule has 4 rings (SSSR count). The zero-order valence-electron chi connectivity index (χ0n) is 18.7. The Kier molecular flexibility index (Phi) is 6.15. The number of aliphatic hydroxyl groups is 1. The lowest BCUT2D eigenvalue weighted by atomic mass is 9.84. The molecule has 0 unspecified atom stereocenters. The van der Waals surface area contributed by atoms with Crippen molar-refractivity contribution in [2.24, 2.45) is 0 Å². The zero-order chi connectivity index (χ0) is 23.8. The fourth-order valence-electron chi connectivity index (χ4n) is 4.38. The minimum absolute atomic E-state index is 0.00603. The van der Waals surface area contributed by atoms with E-state index in [0.717, 1.165) is 0 Å². The summed E-state index contributed by atoms with van der Waals surface area (Å²) in [5.41, 5.74) is -0.0494. The minimum Gasteiger partial charge on any atom is -0.493 e. The number of benzene rings is 2. The van der Waals surface area contributed by atoms with Crippen molar-refractivity contribution in [3.8, 4) is 29.1 Å². The molecule has 0 radical (unpaired) electrons. The Hall–Kier alpha value is -3.35. The lowest BCUT2D eigenvalue weighted by Gasteiger charge is -2.38. The van der Waals surface area contributed by atoms with Crippen molar-refractivity contribution in [1.82, 2.24) is 4.90 Å². The summed E-state index contributed by atoms with van der Waals surface area (Å²) in [5.74, 6) is 1.33. The summed E-state index contributed by atoms with van der Waals surface area (Å²) < 4.78 is 21.6. The van der Waals surface area contributed by atoms with Gasteiger partial charge in [-0.25, -0.2) is 0 Å². The SMILES string of the molecule is COc1ccc([C@@]2(O)CSC3=C(C#N)[C@H](c4cccc(OC)c4OC)CC(=O)N32)cc1OC. The average Bonchev–Trinajstić information content (AvgIpc) is 3.21. The first-order valence-electron chi connectivity index (χ1n) is 10.2. The molecule has 33 heavy (non-hydrogen) atoms. The number of hydrogen-bond acceptors (Lipinski definition) is 8. The van der Waals surface area contributed by atoms with Gasteiger partial charge in [-0.15, -0.1) is 11.8 Å². The van der Waals surface area contributed by atoms with E-state index in [9.17, 15) is 15.2 Å². The van der Waals surface area contributed by atoms with Gasteiger partial charge in [-0.05, 0) is 18.2 Å². The number of nitrogens with zero attached hydrogens (tertiary/aromatic N) is 2. The van der Waals surface area contributed by atoms with Crippen molar-refractivity contribution in [3.63, 3.8) is 0 Å². The van der Waals surface area contributed by atoms with E-state index in [4.69, 9.17) is 18.9 Å². The molecule has 8 nitrogen and oxygen atoms in total. The first kappa shape index (κ1) is 22.8. The van der Waals surface area contributed by atoms with Crippen LogP contribution in [0, 0.1) is 11.3 Å². The molecule has 0 aromatic heterocycles. The van der Waals surface area contributed by atoms with Crippen LogP contribution in [-0.2, 0) is 10.5 Å². The molecule has 2 atom stereocenters. The van der Waals surface area contributed by atoms with Crippen LogP contribution in [0.5, 0.6) is 23.0 Å². The standard InChI is InChI=1S/C24H24N2O6S/c1-29-18-9-8-14(10-20(18)31-3)24(28)13-33-23-17(12-25)16(11-21(27)26(23)24)15-6-5-7-19(30-2)22(15)32-4/h5-10,16,28H,11,13H2,1-4H3/t16-,24-/m0/s1. The average molecular weight is 469 g/mol. The van der Waals surface area contributed by atoms with Gasteiger partial charge in [-0.1, -0.05) is 18.2 Å². The topological polar surface area (TPSA) is 101 Å². The Morgan fingerprint density at radius 2 is 1.79 bits per heavy atom. The van der Waals surface area contributed by atoms with Crippen molar-refractivity contribution < 1.29 is 28.8 Å². The van der Waals surface area contributed by atoms with Crippen LogP contribution in [0.15, 0.2) is 47.0 Å². The number of carbonyl (C=O) groups excluding carboxylic acids is 1. The predicted molar refractivity (Wildman–Crippen MR) is 122 cm³/mol. The number of carbonyl (C=O) groups is 1. The molecule has 1 saturated heterocycles. The van der Waals surface area contributed by atoms with Crippen LogP contribution in [-0.4, -0.2) is 50.1 Å². The maximum atomic E-state index is 13.4. The van der Waals surface area contributed by atoms with Crippen molar-refractivity contribution in [3.05, 3.63) is 58.1 Å². The molecule has 172 valence electrons. The van der Waals surface area contributed by atoms with E-state index in [1.54, 1.807) is 30.3 Å².